The highest BCUT2D eigenvalue weighted by molar-refractivity contribution is 5.71. The molecule has 0 spiro atoms. The molecule has 3 rings (SSSR count). The molecule has 0 aliphatic rings. The molecule has 0 radical (unpaired) electrons. The van der Waals surface area contributed by atoms with E-state index in [1.807, 2.05) is 66.7 Å². The van der Waals surface area contributed by atoms with Crippen LogP contribution in [-0.4, -0.2) is 24.2 Å². The SMILES string of the molecule is O=C(CCOc1ccccc1-c1ccccc1)OCCCc1ccncc1. The number of benzene rings is 2. The minimum absolute atomic E-state index is 0.234. The Bertz CT molecular complexity index is 835. The number of hydrogen-bond acceptors (Lipinski definition) is 4. The third kappa shape index (κ3) is 5.96. The summed E-state index contributed by atoms with van der Waals surface area (Å²) >= 11 is 0. The van der Waals surface area contributed by atoms with Crippen molar-refractivity contribution in [1.82, 2.24) is 4.98 Å². The van der Waals surface area contributed by atoms with Crippen LogP contribution in [0.15, 0.2) is 79.1 Å². The first kappa shape index (κ1) is 18.6. The number of esters is 1. The van der Waals surface area contributed by atoms with Crippen LogP contribution in [0.5, 0.6) is 5.75 Å². The van der Waals surface area contributed by atoms with Gasteiger partial charge < -0.3 is 9.47 Å². The lowest BCUT2D eigenvalue weighted by atomic mass is 10.1. The highest BCUT2D eigenvalue weighted by atomic mass is 16.5. The van der Waals surface area contributed by atoms with Crippen molar-refractivity contribution in [3.8, 4) is 16.9 Å². The van der Waals surface area contributed by atoms with Gasteiger partial charge in [0.25, 0.3) is 0 Å². The fraction of sp³-hybridized carbons (Fsp3) is 0.217. The molecule has 27 heavy (non-hydrogen) atoms. The number of nitrogens with zero attached hydrogens (tertiary/aromatic N) is 1. The number of aryl methyl sites for hydroxylation is 1. The number of hydrogen-bond donors (Lipinski definition) is 0. The molecule has 0 N–H and O–H groups in total. The van der Waals surface area contributed by atoms with Crippen LogP contribution in [-0.2, 0) is 16.0 Å². The second-order valence-corrected chi connectivity index (χ2v) is 6.14. The van der Waals surface area contributed by atoms with E-state index in [1.54, 1.807) is 12.4 Å². The van der Waals surface area contributed by atoms with Crippen LogP contribution in [0.3, 0.4) is 0 Å². The van der Waals surface area contributed by atoms with E-state index in [-0.39, 0.29) is 12.4 Å². The molecule has 4 heteroatoms. The molecule has 0 unspecified atom stereocenters. The first-order valence-electron chi connectivity index (χ1n) is 9.15. The molecule has 0 amide bonds. The molecular formula is C23H23NO3. The standard InChI is InChI=1S/C23H23NO3/c25-23(27-17-6-7-19-12-15-24-16-13-19)14-18-26-22-11-5-4-10-21(22)20-8-2-1-3-9-20/h1-5,8-13,15-16H,6-7,14,17-18H2. The van der Waals surface area contributed by atoms with Crippen LogP contribution in [0.2, 0.25) is 0 Å². The summed E-state index contributed by atoms with van der Waals surface area (Å²) in [5, 5.41) is 0. The summed E-state index contributed by atoms with van der Waals surface area (Å²) in [6.07, 6.45) is 5.44. The molecule has 0 bridgehead atoms. The van der Waals surface area contributed by atoms with Crippen molar-refractivity contribution < 1.29 is 14.3 Å². The Hall–Kier alpha value is -3.14. The number of rotatable bonds is 9. The van der Waals surface area contributed by atoms with E-state index >= 15 is 0 Å². The van der Waals surface area contributed by atoms with Gasteiger partial charge in [-0.1, -0.05) is 48.5 Å². The predicted octanol–water partition coefficient (Wildman–Crippen LogP) is 4.69. The number of para-hydroxylation sites is 1. The van der Waals surface area contributed by atoms with E-state index in [1.165, 1.54) is 5.56 Å². The van der Waals surface area contributed by atoms with Gasteiger partial charge in [0.1, 0.15) is 5.75 Å². The predicted molar refractivity (Wildman–Crippen MR) is 106 cm³/mol. The molecule has 0 fully saturated rings. The highest BCUT2D eigenvalue weighted by Gasteiger charge is 2.08. The Morgan fingerprint density at radius 3 is 2.41 bits per heavy atom. The minimum Gasteiger partial charge on any atom is -0.492 e. The number of carbonyl (C=O) groups is 1. The highest BCUT2D eigenvalue weighted by Crippen LogP contribution is 2.29. The molecule has 0 aliphatic carbocycles. The largest absolute Gasteiger partial charge is 0.492 e. The zero-order valence-electron chi connectivity index (χ0n) is 15.2. The number of carbonyl (C=O) groups excluding carboxylic acids is 1. The van der Waals surface area contributed by atoms with Crippen LogP contribution < -0.4 is 4.74 Å². The summed E-state index contributed by atoms with van der Waals surface area (Å²) in [6, 6.07) is 21.8. The van der Waals surface area contributed by atoms with Gasteiger partial charge in [-0.2, -0.15) is 0 Å². The van der Waals surface area contributed by atoms with E-state index in [4.69, 9.17) is 9.47 Å². The van der Waals surface area contributed by atoms with Gasteiger partial charge in [-0.3, -0.25) is 9.78 Å². The lowest BCUT2D eigenvalue weighted by Crippen LogP contribution is -2.11. The van der Waals surface area contributed by atoms with Crippen molar-refractivity contribution in [1.29, 1.82) is 0 Å². The van der Waals surface area contributed by atoms with E-state index in [0.717, 1.165) is 29.7 Å². The molecule has 2 aromatic carbocycles. The van der Waals surface area contributed by atoms with Crippen LogP contribution in [0, 0.1) is 0 Å². The Morgan fingerprint density at radius 1 is 0.852 bits per heavy atom. The number of aromatic nitrogens is 1. The lowest BCUT2D eigenvalue weighted by Gasteiger charge is -2.11. The average molecular weight is 361 g/mol. The summed E-state index contributed by atoms with van der Waals surface area (Å²) in [6.45, 7) is 0.717. The molecule has 1 heterocycles. The lowest BCUT2D eigenvalue weighted by molar-refractivity contribution is -0.144. The summed E-state index contributed by atoms with van der Waals surface area (Å²) in [5.41, 5.74) is 3.30. The zero-order valence-corrected chi connectivity index (χ0v) is 15.2. The van der Waals surface area contributed by atoms with Crippen LogP contribution in [0.25, 0.3) is 11.1 Å². The van der Waals surface area contributed by atoms with Crippen molar-refractivity contribution in [3.63, 3.8) is 0 Å². The van der Waals surface area contributed by atoms with Gasteiger partial charge in [0.2, 0.25) is 0 Å². The van der Waals surface area contributed by atoms with Gasteiger partial charge in [-0.25, -0.2) is 0 Å². The first-order valence-corrected chi connectivity index (χ1v) is 9.15. The zero-order chi connectivity index (χ0) is 18.7. The maximum Gasteiger partial charge on any atom is 0.309 e. The second-order valence-electron chi connectivity index (χ2n) is 6.14. The smallest absolute Gasteiger partial charge is 0.309 e. The first-order chi connectivity index (χ1) is 13.3. The summed E-state index contributed by atoms with van der Waals surface area (Å²) in [7, 11) is 0. The molecule has 1 aromatic heterocycles. The monoisotopic (exact) mass is 361 g/mol. The van der Waals surface area contributed by atoms with Crippen molar-refractivity contribution >= 4 is 5.97 Å². The Labute approximate surface area is 159 Å². The average Bonchev–Trinajstić information content (AvgIpc) is 2.73. The van der Waals surface area contributed by atoms with Crippen LogP contribution in [0.4, 0.5) is 0 Å². The molecule has 4 nitrogen and oxygen atoms in total. The molecular weight excluding hydrogens is 338 g/mol. The molecule has 0 saturated carbocycles. The van der Waals surface area contributed by atoms with Gasteiger partial charge in [0, 0.05) is 18.0 Å². The van der Waals surface area contributed by atoms with E-state index in [0.29, 0.717) is 13.2 Å². The molecule has 0 atom stereocenters. The van der Waals surface area contributed by atoms with Gasteiger partial charge in [0.05, 0.1) is 19.6 Å². The van der Waals surface area contributed by atoms with Crippen molar-refractivity contribution in [2.24, 2.45) is 0 Å². The minimum atomic E-state index is -0.234. The Balaban J connectivity index is 1.40. The maximum atomic E-state index is 11.9. The number of pyridine rings is 1. The maximum absolute atomic E-state index is 11.9. The number of ether oxygens (including phenoxy) is 2. The van der Waals surface area contributed by atoms with E-state index in [2.05, 4.69) is 4.98 Å². The quantitative estimate of drug-likeness (QED) is 0.410. The molecule has 138 valence electrons. The van der Waals surface area contributed by atoms with Crippen molar-refractivity contribution in [2.75, 3.05) is 13.2 Å². The van der Waals surface area contributed by atoms with Gasteiger partial charge >= 0.3 is 5.97 Å². The summed E-state index contributed by atoms with van der Waals surface area (Å²) in [4.78, 5) is 15.9. The normalized spacial score (nSPS) is 10.4. The second kappa shape index (κ2) is 10.1. The molecule has 0 aliphatic heterocycles. The summed E-state index contributed by atoms with van der Waals surface area (Å²) in [5.74, 6) is 0.538. The Morgan fingerprint density at radius 2 is 1.59 bits per heavy atom. The molecule has 0 saturated heterocycles. The van der Waals surface area contributed by atoms with Crippen molar-refractivity contribution in [2.45, 2.75) is 19.3 Å². The molecule has 3 aromatic rings. The van der Waals surface area contributed by atoms with Crippen LogP contribution >= 0.6 is 0 Å². The van der Waals surface area contributed by atoms with Gasteiger partial charge in [-0.05, 0) is 42.2 Å². The third-order valence-corrected chi connectivity index (χ3v) is 4.16. The Kier molecular flexibility index (Phi) is 6.99. The fourth-order valence-electron chi connectivity index (χ4n) is 2.78. The van der Waals surface area contributed by atoms with Crippen molar-refractivity contribution in [3.05, 3.63) is 84.7 Å². The van der Waals surface area contributed by atoms with Gasteiger partial charge in [-0.15, -0.1) is 0 Å². The summed E-state index contributed by atoms with van der Waals surface area (Å²) < 4.78 is 11.1. The third-order valence-electron chi connectivity index (χ3n) is 4.16. The topological polar surface area (TPSA) is 48.4 Å². The van der Waals surface area contributed by atoms with Crippen LogP contribution in [0.1, 0.15) is 18.4 Å². The van der Waals surface area contributed by atoms with E-state index in [9.17, 15) is 4.79 Å². The van der Waals surface area contributed by atoms with E-state index < -0.39 is 0 Å². The fourth-order valence-corrected chi connectivity index (χ4v) is 2.78. The van der Waals surface area contributed by atoms with Gasteiger partial charge in [0.15, 0.2) is 0 Å².